The van der Waals surface area contributed by atoms with Gasteiger partial charge in [0, 0.05) is 36.7 Å². The topological polar surface area (TPSA) is 66.9 Å². The van der Waals surface area contributed by atoms with Gasteiger partial charge in [0.15, 0.2) is 0 Å². The summed E-state index contributed by atoms with van der Waals surface area (Å²) in [6.45, 7) is 0.394. The van der Waals surface area contributed by atoms with E-state index < -0.39 is 10.0 Å². The minimum Gasteiger partial charge on any atom is -0.496 e. The minimum atomic E-state index is -3.70. The van der Waals surface area contributed by atoms with E-state index in [-0.39, 0.29) is 10.8 Å². The average Bonchev–Trinajstić information content (AvgIpc) is 2.83. The lowest BCUT2D eigenvalue weighted by Gasteiger charge is -2.21. The second-order valence-corrected chi connectivity index (χ2v) is 10.0. The SMILES string of the molecule is COc1ccccc1CN(C)C(=O)c1ccc(N(C)S(=O)(=O)c2ccc(SC)cc2)cc1. The number of carbonyl (C=O) groups excluding carboxylic acids is 1. The lowest BCUT2D eigenvalue weighted by atomic mass is 10.1. The van der Waals surface area contributed by atoms with Crippen LogP contribution in [0.1, 0.15) is 15.9 Å². The molecule has 32 heavy (non-hydrogen) atoms. The number of amides is 1. The van der Waals surface area contributed by atoms with Crippen LogP contribution < -0.4 is 9.04 Å². The van der Waals surface area contributed by atoms with E-state index in [0.29, 0.717) is 17.8 Å². The maximum Gasteiger partial charge on any atom is 0.264 e. The average molecular weight is 471 g/mol. The molecule has 0 atom stereocenters. The number of sulfonamides is 1. The van der Waals surface area contributed by atoms with Crippen molar-refractivity contribution in [3.05, 3.63) is 83.9 Å². The predicted octanol–water partition coefficient (Wildman–Crippen LogP) is 4.51. The van der Waals surface area contributed by atoms with Gasteiger partial charge in [-0.3, -0.25) is 9.10 Å². The Morgan fingerprint density at radius 2 is 1.56 bits per heavy atom. The van der Waals surface area contributed by atoms with Crippen LogP contribution >= 0.6 is 11.8 Å². The van der Waals surface area contributed by atoms with Crippen molar-refractivity contribution < 1.29 is 17.9 Å². The summed E-state index contributed by atoms with van der Waals surface area (Å²) in [4.78, 5) is 15.7. The molecule has 0 unspecified atom stereocenters. The zero-order chi connectivity index (χ0) is 23.3. The van der Waals surface area contributed by atoms with Crippen LogP contribution in [0, 0.1) is 0 Å². The van der Waals surface area contributed by atoms with Crippen molar-refractivity contribution in [1.82, 2.24) is 4.90 Å². The molecule has 168 valence electrons. The monoisotopic (exact) mass is 470 g/mol. The largest absolute Gasteiger partial charge is 0.496 e. The summed E-state index contributed by atoms with van der Waals surface area (Å²) >= 11 is 1.55. The van der Waals surface area contributed by atoms with E-state index in [9.17, 15) is 13.2 Å². The zero-order valence-corrected chi connectivity index (χ0v) is 20.1. The van der Waals surface area contributed by atoms with Crippen molar-refractivity contribution in [1.29, 1.82) is 0 Å². The second kappa shape index (κ2) is 10.1. The molecule has 3 rings (SSSR count). The third-order valence-electron chi connectivity index (χ3n) is 5.14. The van der Waals surface area contributed by atoms with E-state index in [1.165, 1.54) is 11.4 Å². The molecule has 0 aromatic heterocycles. The Hall–Kier alpha value is -2.97. The molecule has 0 radical (unpaired) electrons. The number of para-hydroxylation sites is 1. The molecule has 8 heteroatoms. The molecule has 0 aliphatic carbocycles. The van der Waals surface area contributed by atoms with Crippen LogP contribution in [0.2, 0.25) is 0 Å². The van der Waals surface area contributed by atoms with Crippen molar-refractivity contribution in [2.75, 3.05) is 31.8 Å². The molecular formula is C24H26N2O4S2. The number of rotatable bonds is 8. The van der Waals surface area contributed by atoms with Gasteiger partial charge in [0.1, 0.15) is 5.75 Å². The predicted molar refractivity (Wildman–Crippen MR) is 129 cm³/mol. The molecule has 0 spiro atoms. The Kier molecular flexibility index (Phi) is 7.48. The van der Waals surface area contributed by atoms with Gasteiger partial charge in [0.05, 0.1) is 17.7 Å². The summed E-state index contributed by atoms with van der Waals surface area (Å²) < 4.78 is 32.5. The molecule has 1 amide bonds. The van der Waals surface area contributed by atoms with Crippen molar-refractivity contribution in [2.45, 2.75) is 16.3 Å². The molecule has 3 aromatic carbocycles. The summed E-state index contributed by atoms with van der Waals surface area (Å²) in [6, 6.07) is 20.9. The number of hydrogen-bond donors (Lipinski definition) is 0. The van der Waals surface area contributed by atoms with Gasteiger partial charge in [-0.15, -0.1) is 11.8 Å². The maximum atomic E-state index is 13.0. The van der Waals surface area contributed by atoms with Crippen molar-refractivity contribution in [3.63, 3.8) is 0 Å². The second-order valence-electron chi connectivity index (χ2n) is 7.17. The van der Waals surface area contributed by atoms with Crippen LogP contribution in [0.3, 0.4) is 0 Å². The van der Waals surface area contributed by atoms with E-state index in [1.54, 1.807) is 79.4 Å². The van der Waals surface area contributed by atoms with E-state index in [4.69, 9.17) is 4.74 Å². The van der Waals surface area contributed by atoms with E-state index in [0.717, 1.165) is 16.2 Å². The van der Waals surface area contributed by atoms with Gasteiger partial charge >= 0.3 is 0 Å². The van der Waals surface area contributed by atoms with Gasteiger partial charge in [0.25, 0.3) is 15.9 Å². The highest BCUT2D eigenvalue weighted by Crippen LogP contribution is 2.25. The van der Waals surface area contributed by atoms with E-state index in [1.807, 2.05) is 30.5 Å². The first-order valence-corrected chi connectivity index (χ1v) is 12.5. The van der Waals surface area contributed by atoms with Crippen molar-refractivity contribution in [2.24, 2.45) is 0 Å². The number of methoxy groups -OCH3 is 1. The van der Waals surface area contributed by atoms with E-state index >= 15 is 0 Å². The van der Waals surface area contributed by atoms with Gasteiger partial charge < -0.3 is 9.64 Å². The Labute approximate surface area is 193 Å². The fraction of sp³-hybridized carbons (Fsp3) is 0.208. The normalized spacial score (nSPS) is 11.1. The molecule has 0 saturated heterocycles. The Morgan fingerprint density at radius 3 is 2.16 bits per heavy atom. The van der Waals surface area contributed by atoms with E-state index in [2.05, 4.69) is 0 Å². The fourth-order valence-corrected chi connectivity index (χ4v) is 4.84. The summed E-state index contributed by atoms with van der Waals surface area (Å²) in [7, 11) is 1.12. The molecule has 0 saturated carbocycles. The lowest BCUT2D eigenvalue weighted by Crippen LogP contribution is -2.27. The van der Waals surface area contributed by atoms with Crippen molar-refractivity contribution in [3.8, 4) is 5.75 Å². The molecule has 3 aromatic rings. The van der Waals surface area contributed by atoms with Crippen LogP contribution in [0.15, 0.2) is 82.6 Å². The van der Waals surface area contributed by atoms with Crippen LogP contribution in [0.4, 0.5) is 5.69 Å². The molecule has 0 N–H and O–H groups in total. The molecule has 0 heterocycles. The molecule has 6 nitrogen and oxygen atoms in total. The first-order valence-electron chi connectivity index (χ1n) is 9.88. The van der Waals surface area contributed by atoms with Crippen LogP contribution in [0.5, 0.6) is 5.75 Å². The zero-order valence-electron chi connectivity index (χ0n) is 18.5. The highest BCUT2D eigenvalue weighted by Gasteiger charge is 2.22. The molecule has 0 aliphatic rings. The van der Waals surface area contributed by atoms with Gasteiger partial charge in [0.2, 0.25) is 0 Å². The van der Waals surface area contributed by atoms with Crippen LogP contribution in [-0.4, -0.2) is 46.7 Å². The maximum absolute atomic E-state index is 13.0. The van der Waals surface area contributed by atoms with Gasteiger partial charge in [-0.25, -0.2) is 8.42 Å². The summed E-state index contributed by atoms with van der Waals surface area (Å²) in [5.74, 6) is 0.556. The number of hydrogen-bond acceptors (Lipinski definition) is 5. The number of anilines is 1. The molecular weight excluding hydrogens is 444 g/mol. The highest BCUT2D eigenvalue weighted by atomic mass is 32.2. The minimum absolute atomic E-state index is 0.166. The van der Waals surface area contributed by atoms with Gasteiger partial charge in [-0.1, -0.05) is 18.2 Å². The first-order chi connectivity index (χ1) is 15.3. The summed E-state index contributed by atoms with van der Waals surface area (Å²) in [5, 5.41) is 0. The number of nitrogens with zero attached hydrogens (tertiary/aromatic N) is 2. The number of carbonyl (C=O) groups is 1. The van der Waals surface area contributed by atoms with Gasteiger partial charge in [-0.2, -0.15) is 0 Å². The number of thioether (sulfide) groups is 1. The number of benzene rings is 3. The van der Waals surface area contributed by atoms with Gasteiger partial charge in [-0.05, 0) is 60.9 Å². The summed E-state index contributed by atoms with van der Waals surface area (Å²) in [5.41, 5.74) is 1.85. The molecule has 0 fully saturated rings. The third-order valence-corrected chi connectivity index (χ3v) is 7.69. The highest BCUT2D eigenvalue weighted by molar-refractivity contribution is 7.98. The quantitative estimate of drug-likeness (QED) is 0.453. The van der Waals surface area contributed by atoms with Crippen molar-refractivity contribution >= 4 is 33.4 Å². The van der Waals surface area contributed by atoms with Crippen LogP contribution in [-0.2, 0) is 16.6 Å². The smallest absolute Gasteiger partial charge is 0.264 e. The Bertz CT molecular complexity index is 1180. The standard InChI is InChI=1S/C24H26N2O4S2/c1-25(17-19-7-5-6-8-23(19)30-3)24(27)18-9-11-20(12-10-18)26(2)32(28,29)22-15-13-21(31-4)14-16-22/h5-16H,17H2,1-4H3. The Morgan fingerprint density at radius 1 is 0.938 bits per heavy atom. The lowest BCUT2D eigenvalue weighted by molar-refractivity contribution is 0.0784. The number of ether oxygens (including phenoxy) is 1. The molecule has 0 bridgehead atoms. The third kappa shape index (κ3) is 5.08. The molecule has 0 aliphatic heterocycles. The fourth-order valence-electron chi connectivity index (χ4n) is 3.24. The Balaban J connectivity index is 1.75. The van der Waals surface area contributed by atoms with Crippen LogP contribution in [0.25, 0.3) is 0 Å². The first kappa shape index (κ1) is 23.7. The summed E-state index contributed by atoms with van der Waals surface area (Å²) in [6.07, 6.45) is 1.94.